The number of hydrogen-bond acceptors (Lipinski definition) is 0. The molecule has 4 aromatic carbocycles. The van der Waals surface area contributed by atoms with Gasteiger partial charge in [-0.05, 0) is 57.4 Å². The Labute approximate surface area is 184 Å². The molecule has 31 heavy (non-hydrogen) atoms. The van der Waals surface area contributed by atoms with Gasteiger partial charge in [-0.15, -0.1) is 0 Å². The van der Waals surface area contributed by atoms with Gasteiger partial charge in [0.15, 0.2) is 0 Å². The average Bonchev–Trinajstić information content (AvgIpc) is 3.36. The van der Waals surface area contributed by atoms with Crippen LogP contribution in [-0.4, -0.2) is 0 Å². The Hall–Kier alpha value is -3.38. The molecule has 2 aliphatic carbocycles. The first-order valence-electron chi connectivity index (χ1n) is 11.4. The van der Waals surface area contributed by atoms with Gasteiger partial charge in [-0.2, -0.15) is 0 Å². The molecule has 0 aromatic heterocycles. The molecule has 0 bridgehead atoms. The summed E-state index contributed by atoms with van der Waals surface area (Å²) < 4.78 is 0. The SMILES string of the molecule is C1=C(c2ccccc2)C(CCCC2c3ccccc3-c3ccccc32)c2ccccc21. The van der Waals surface area contributed by atoms with Crippen LogP contribution in [0, 0.1) is 0 Å². The lowest BCUT2D eigenvalue weighted by Gasteiger charge is -2.19. The van der Waals surface area contributed by atoms with Crippen LogP contribution >= 0.6 is 0 Å². The summed E-state index contributed by atoms with van der Waals surface area (Å²) in [4.78, 5) is 0. The summed E-state index contributed by atoms with van der Waals surface area (Å²) in [6, 6.07) is 37.9. The minimum absolute atomic E-state index is 0.491. The van der Waals surface area contributed by atoms with E-state index < -0.39 is 0 Å². The fraction of sp³-hybridized carbons (Fsp3) is 0.161. The summed E-state index contributed by atoms with van der Waals surface area (Å²) in [7, 11) is 0. The molecule has 0 saturated carbocycles. The Balaban J connectivity index is 1.27. The first kappa shape index (κ1) is 18.4. The van der Waals surface area contributed by atoms with Crippen LogP contribution < -0.4 is 0 Å². The summed E-state index contributed by atoms with van der Waals surface area (Å²) >= 11 is 0. The zero-order chi connectivity index (χ0) is 20.6. The molecule has 0 nitrogen and oxygen atoms in total. The molecule has 2 aliphatic rings. The standard InChI is InChI=1S/C31H26/c1-2-11-22(12-3-1)31-21-23-13-4-5-14-24(23)25(31)19-10-20-30-28-17-8-6-15-26(28)27-16-7-9-18-29(27)30/h1-9,11-18,21,25,30H,10,19-20H2. The molecule has 0 heterocycles. The summed E-state index contributed by atoms with van der Waals surface area (Å²) in [6.07, 6.45) is 6.03. The van der Waals surface area contributed by atoms with Gasteiger partial charge < -0.3 is 0 Å². The Bertz CT molecular complexity index is 1220. The molecule has 0 N–H and O–H groups in total. The van der Waals surface area contributed by atoms with Crippen molar-refractivity contribution < 1.29 is 0 Å². The second kappa shape index (κ2) is 7.71. The summed E-state index contributed by atoms with van der Waals surface area (Å²) in [6.45, 7) is 0. The molecule has 6 rings (SSSR count). The van der Waals surface area contributed by atoms with E-state index in [9.17, 15) is 0 Å². The van der Waals surface area contributed by atoms with Gasteiger partial charge in [-0.1, -0.05) is 116 Å². The topological polar surface area (TPSA) is 0 Å². The summed E-state index contributed by atoms with van der Waals surface area (Å²) in [5.41, 5.74) is 11.6. The zero-order valence-electron chi connectivity index (χ0n) is 17.7. The van der Waals surface area contributed by atoms with Gasteiger partial charge in [-0.3, -0.25) is 0 Å². The van der Waals surface area contributed by atoms with Crippen molar-refractivity contribution in [3.8, 4) is 11.1 Å². The van der Waals surface area contributed by atoms with Crippen molar-refractivity contribution in [2.24, 2.45) is 0 Å². The molecule has 0 heteroatoms. The Morgan fingerprint density at radius 2 is 1.03 bits per heavy atom. The van der Waals surface area contributed by atoms with Crippen LogP contribution in [0.2, 0.25) is 0 Å². The molecule has 1 atom stereocenters. The van der Waals surface area contributed by atoms with E-state index in [1.165, 1.54) is 63.8 Å². The quantitative estimate of drug-likeness (QED) is 0.317. The van der Waals surface area contributed by atoms with Crippen LogP contribution in [0.25, 0.3) is 22.8 Å². The lowest BCUT2D eigenvalue weighted by Crippen LogP contribution is -2.02. The predicted molar refractivity (Wildman–Crippen MR) is 131 cm³/mol. The van der Waals surface area contributed by atoms with E-state index in [1.54, 1.807) is 0 Å². The lowest BCUT2D eigenvalue weighted by molar-refractivity contribution is 0.612. The second-order valence-electron chi connectivity index (χ2n) is 8.81. The fourth-order valence-electron chi connectivity index (χ4n) is 5.72. The maximum absolute atomic E-state index is 2.41. The summed E-state index contributed by atoms with van der Waals surface area (Å²) in [5, 5.41) is 0. The van der Waals surface area contributed by atoms with E-state index in [0.717, 1.165) is 0 Å². The Kier molecular flexibility index (Phi) is 4.57. The van der Waals surface area contributed by atoms with Crippen molar-refractivity contribution >= 4 is 11.6 Å². The normalized spacial score (nSPS) is 16.5. The van der Waals surface area contributed by atoms with Crippen molar-refractivity contribution in [1.82, 2.24) is 0 Å². The van der Waals surface area contributed by atoms with Gasteiger partial charge in [0.1, 0.15) is 0 Å². The first-order chi connectivity index (χ1) is 15.4. The molecule has 4 aromatic rings. The van der Waals surface area contributed by atoms with Gasteiger partial charge in [-0.25, -0.2) is 0 Å². The van der Waals surface area contributed by atoms with E-state index in [-0.39, 0.29) is 0 Å². The van der Waals surface area contributed by atoms with Crippen molar-refractivity contribution in [3.63, 3.8) is 0 Å². The first-order valence-corrected chi connectivity index (χ1v) is 11.4. The number of rotatable bonds is 5. The van der Waals surface area contributed by atoms with Crippen LogP contribution in [-0.2, 0) is 0 Å². The van der Waals surface area contributed by atoms with E-state index in [1.807, 2.05) is 0 Å². The highest BCUT2D eigenvalue weighted by Crippen LogP contribution is 2.49. The molecule has 0 radical (unpaired) electrons. The number of benzene rings is 4. The number of hydrogen-bond donors (Lipinski definition) is 0. The van der Waals surface area contributed by atoms with E-state index >= 15 is 0 Å². The van der Waals surface area contributed by atoms with Gasteiger partial charge >= 0.3 is 0 Å². The van der Waals surface area contributed by atoms with Gasteiger partial charge in [0.25, 0.3) is 0 Å². The average molecular weight is 399 g/mol. The van der Waals surface area contributed by atoms with Crippen LogP contribution in [0.4, 0.5) is 0 Å². The van der Waals surface area contributed by atoms with E-state index in [4.69, 9.17) is 0 Å². The largest absolute Gasteiger partial charge is 0.0622 e. The minimum Gasteiger partial charge on any atom is -0.0622 e. The van der Waals surface area contributed by atoms with E-state index in [0.29, 0.717) is 11.8 Å². The van der Waals surface area contributed by atoms with Crippen molar-refractivity contribution in [2.75, 3.05) is 0 Å². The van der Waals surface area contributed by atoms with Gasteiger partial charge in [0.2, 0.25) is 0 Å². The van der Waals surface area contributed by atoms with Crippen molar-refractivity contribution in [1.29, 1.82) is 0 Å². The van der Waals surface area contributed by atoms with Gasteiger partial charge in [0, 0.05) is 11.8 Å². The molecule has 0 amide bonds. The maximum atomic E-state index is 2.41. The Morgan fingerprint density at radius 1 is 0.484 bits per heavy atom. The van der Waals surface area contributed by atoms with Crippen molar-refractivity contribution in [3.05, 3.63) is 131 Å². The third-order valence-corrected chi connectivity index (χ3v) is 7.11. The number of allylic oxidation sites excluding steroid dienone is 1. The molecule has 1 unspecified atom stereocenters. The van der Waals surface area contributed by atoms with Crippen LogP contribution in [0.3, 0.4) is 0 Å². The highest BCUT2D eigenvalue weighted by Gasteiger charge is 2.29. The molecule has 0 saturated heterocycles. The molecule has 0 aliphatic heterocycles. The number of fused-ring (bicyclic) bond motifs is 4. The minimum atomic E-state index is 0.491. The molecular formula is C31H26. The van der Waals surface area contributed by atoms with Crippen LogP contribution in [0.15, 0.2) is 103 Å². The predicted octanol–water partition coefficient (Wildman–Crippen LogP) is 8.31. The molecule has 0 spiro atoms. The highest BCUT2D eigenvalue weighted by atomic mass is 14.3. The maximum Gasteiger partial charge on any atom is 0.0102 e. The van der Waals surface area contributed by atoms with E-state index in [2.05, 4.69) is 109 Å². The van der Waals surface area contributed by atoms with Crippen LogP contribution in [0.1, 0.15) is 58.9 Å². The molecular weight excluding hydrogens is 372 g/mol. The van der Waals surface area contributed by atoms with Crippen LogP contribution in [0.5, 0.6) is 0 Å². The van der Waals surface area contributed by atoms with Gasteiger partial charge in [0.05, 0.1) is 0 Å². The smallest absolute Gasteiger partial charge is 0.0102 e. The molecule has 0 fully saturated rings. The third-order valence-electron chi connectivity index (χ3n) is 7.11. The molecule has 150 valence electrons. The zero-order valence-corrected chi connectivity index (χ0v) is 17.7. The third kappa shape index (κ3) is 3.15. The fourth-order valence-corrected chi connectivity index (χ4v) is 5.72. The monoisotopic (exact) mass is 398 g/mol. The summed E-state index contributed by atoms with van der Waals surface area (Å²) in [5.74, 6) is 1.01. The Morgan fingerprint density at radius 3 is 1.74 bits per heavy atom. The second-order valence-corrected chi connectivity index (χ2v) is 8.81. The van der Waals surface area contributed by atoms with Crippen molar-refractivity contribution in [2.45, 2.75) is 31.1 Å². The highest BCUT2D eigenvalue weighted by molar-refractivity contribution is 5.91. The lowest BCUT2D eigenvalue weighted by atomic mass is 9.84.